The minimum Gasteiger partial charge on any atom is -0.480 e. The molecule has 0 saturated heterocycles. The van der Waals surface area contributed by atoms with Crippen LogP contribution in [-0.4, -0.2) is 43.2 Å². The van der Waals surface area contributed by atoms with Crippen molar-refractivity contribution in [1.82, 2.24) is 25.5 Å². The second-order valence-corrected chi connectivity index (χ2v) is 5.54. The number of hydrogen-bond donors (Lipinski definition) is 2. The van der Waals surface area contributed by atoms with Crippen LogP contribution < -0.4 is 5.32 Å². The molecule has 1 unspecified atom stereocenters. The van der Waals surface area contributed by atoms with Gasteiger partial charge < -0.3 is 10.4 Å². The van der Waals surface area contributed by atoms with Gasteiger partial charge in [0.15, 0.2) is 0 Å². The second kappa shape index (κ2) is 6.99. The topological polar surface area (TPSA) is 110 Å². The number of carboxylic acids is 1. The molecule has 8 heteroatoms. The third-order valence-corrected chi connectivity index (χ3v) is 3.42. The first-order chi connectivity index (χ1) is 10.9. The molecular formula is C15H19N5O3. The van der Waals surface area contributed by atoms with E-state index in [0.29, 0.717) is 5.82 Å². The summed E-state index contributed by atoms with van der Waals surface area (Å²) < 4.78 is 0. The minimum atomic E-state index is -1.07. The standard InChI is InChI=1S/C15H19N5O3/c1-9(2)12(15(22)23)16-14(21)10(3)20-18-13(17-19-20)11-7-5-4-6-8-11/h4-10,12H,1-3H3,(H,16,21)(H,22,23)/t10?,12-/m1/s1. The molecule has 0 bridgehead atoms. The lowest BCUT2D eigenvalue weighted by Crippen LogP contribution is -2.46. The van der Waals surface area contributed by atoms with E-state index in [9.17, 15) is 9.59 Å². The van der Waals surface area contributed by atoms with Gasteiger partial charge in [0.2, 0.25) is 11.7 Å². The van der Waals surface area contributed by atoms with Gasteiger partial charge in [0, 0.05) is 5.56 Å². The van der Waals surface area contributed by atoms with Crippen LogP contribution in [0.5, 0.6) is 0 Å². The predicted molar refractivity (Wildman–Crippen MR) is 82.4 cm³/mol. The summed E-state index contributed by atoms with van der Waals surface area (Å²) in [5, 5.41) is 23.6. The Morgan fingerprint density at radius 2 is 1.83 bits per heavy atom. The maximum absolute atomic E-state index is 12.2. The quantitative estimate of drug-likeness (QED) is 0.826. The van der Waals surface area contributed by atoms with Crippen LogP contribution in [0, 0.1) is 5.92 Å². The molecule has 0 aliphatic carbocycles. The average Bonchev–Trinajstić information content (AvgIpc) is 3.01. The molecule has 0 fully saturated rings. The third kappa shape index (κ3) is 3.91. The number of carboxylic acid groups (broad SMARTS) is 1. The van der Waals surface area contributed by atoms with E-state index in [1.165, 1.54) is 4.80 Å². The molecule has 2 aromatic rings. The van der Waals surface area contributed by atoms with Crippen LogP contribution in [0.15, 0.2) is 30.3 Å². The highest BCUT2D eigenvalue weighted by molar-refractivity contribution is 5.85. The van der Waals surface area contributed by atoms with E-state index < -0.39 is 24.0 Å². The smallest absolute Gasteiger partial charge is 0.326 e. The monoisotopic (exact) mass is 317 g/mol. The van der Waals surface area contributed by atoms with Crippen molar-refractivity contribution in [2.24, 2.45) is 5.92 Å². The summed E-state index contributed by atoms with van der Waals surface area (Å²) in [7, 11) is 0. The highest BCUT2D eigenvalue weighted by atomic mass is 16.4. The Morgan fingerprint density at radius 1 is 1.17 bits per heavy atom. The highest BCUT2D eigenvalue weighted by Gasteiger charge is 2.27. The maximum atomic E-state index is 12.2. The van der Waals surface area contributed by atoms with Gasteiger partial charge in [-0.15, -0.1) is 10.2 Å². The summed E-state index contributed by atoms with van der Waals surface area (Å²) in [6, 6.07) is 7.54. The maximum Gasteiger partial charge on any atom is 0.326 e. The molecule has 122 valence electrons. The van der Waals surface area contributed by atoms with Crippen molar-refractivity contribution in [3.05, 3.63) is 30.3 Å². The SMILES string of the molecule is CC(C)[C@@H](NC(=O)C(C)n1nnc(-c2ccccc2)n1)C(=O)O. The number of hydrogen-bond acceptors (Lipinski definition) is 5. The van der Waals surface area contributed by atoms with E-state index in [1.807, 2.05) is 30.3 Å². The predicted octanol–water partition coefficient (Wildman–Crippen LogP) is 1.13. The molecule has 23 heavy (non-hydrogen) atoms. The summed E-state index contributed by atoms with van der Waals surface area (Å²) in [4.78, 5) is 24.5. The van der Waals surface area contributed by atoms with Crippen molar-refractivity contribution in [2.45, 2.75) is 32.9 Å². The lowest BCUT2D eigenvalue weighted by molar-refractivity contribution is -0.143. The Labute approximate surface area is 133 Å². The van der Waals surface area contributed by atoms with Crippen LogP contribution in [0.3, 0.4) is 0 Å². The number of rotatable bonds is 6. The Balaban J connectivity index is 2.11. The largest absolute Gasteiger partial charge is 0.480 e. The second-order valence-electron chi connectivity index (χ2n) is 5.54. The van der Waals surface area contributed by atoms with E-state index in [-0.39, 0.29) is 5.92 Å². The number of carbonyl (C=O) groups is 2. The fourth-order valence-corrected chi connectivity index (χ4v) is 1.98. The average molecular weight is 317 g/mol. The number of tetrazole rings is 1. The summed E-state index contributed by atoms with van der Waals surface area (Å²) in [6.07, 6.45) is 0. The number of carbonyl (C=O) groups excluding carboxylic acids is 1. The zero-order chi connectivity index (χ0) is 17.0. The molecule has 1 aromatic heterocycles. The molecule has 2 atom stereocenters. The van der Waals surface area contributed by atoms with Crippen LogP contribution in [0.4, 0.5) is 0 Å². The van der Waals surface area contributed by atoms with Gasteiger partial charge in [0.1, 0.15) is 12.1 Å². The molecule has 0 spiro atoms. The van der Waals surface area contributed by atoms with E-state index in [2.05, 4.69) is 20.7 Å². The van der Waals surface area contributed by atoms with Gasteiger partial charge in [-0.2, -0.15) is 4.80 Å². The molecule has 0 aliphatic rings. The van der Waals surface area contributed by atoms with Gasteiger partial charge in [-0.05, 0) is 18.1 Å². The van der Waals surface area contributed by atoms with Crippen LogP contribution in [0.2, 0.25) is 0 Å². The number of nitrogens with zero attached hydrogens (tertiary/aromatic N) is 4. The first-order valence-corrected chi connectivity index (χ1v) is 7.28. The number of aliphatic carboxylic acids is 1. The Kier molecular flexibility index (Phi) is 5.05. The molecule has 0 radical (unpaired) electrons. The van der Waals surface area contributed by atoms with Crippen molar-refractivity contribution in [3.63, 3.8) is 0 Å². The van der Waals surface area contributed by atoms with Crippen molar-refractivity contribution >= 4 is 11.9 Å². The van der Waals surface area contributed by atoms with Gasteiger partial charge in [-0.1, -0.05) is 44.2 Å². The summed E-state index contributed by atoms with van der Waals surface area (Å²) >= 11 is 0. The molecule has 2 N–H and O–H groups in total. The first kappa shape index (κ1) is 16.6. The lowest BCUT2D eigenvalue weighted by Gasteiger charge is -2.19. The molecule has 1 aromatic carbocycles. The van der Waals surface area contributed by atoms with Gasteiger partial charge in [-0.3, -0.25) is 4.79 Å². The number of aromatic nitrogens is 4. The van der Waals surface area contributed by atoms with E-state index in [0.717, 1.165) is 5.56 Å². The van der Waals surface area contributed by atoms with Gasteiger partial charge in [-0.25, -0.2) is 4.79 Å². The molecule has 0 aliphatic heterocycles. The Morgan fingerprint density at radius 3 is 2.39 bits per heavy atom. The number of nitrogens with one attached hydrogen (secondary N) is 1. The first-order valence-electron chi connectivity index (χ1n) is 7.28. The van der Waals surface area contributed by atoms with Gasteiger partial charge >= 0.3 is 5.97 Å². The summed E-state index contributed by atoms with van der Waals surface area (Å²) in [6.45, 7) is 5.04. The molecule has 2 rings (SSSR count). The molecule has 1 heterocycles. The highest BCUT2D eigenvalue weighted by Crippen LogP contribution is 2.14. The third-order valence-electron chi connectivity index (χ3n) is 3.42. The van der Waals surface area contributed by atoms with Crippen LogP contribution in [-0.2, 0) is 9.59 Å². The fraction of sp³-hybridized carbons (Fsp3) is 0.400. The van der Waals surface area contributed by atoms with Crippen molar-refractivity contribution in [1.29, 1.82) is 0 Å². The Hall–Kier alpha value is -2.77. The Bertz CT molecular complexity index is 683. The van der Waals surface area contributed by atoms with Gasteiger partial charge in [0.05, 0.1) is 0 Å². The van der Waals surface area contributed by atoms with Crippen LogP contribution in [0.25, 0.3) is 11.4 Å². The van der Waals surface area contributed by atoms with Crippen molar-refractivity contribution in [3.8, 4) is 11.4 Å². The molecular weight excluding hydrogens is 298 g/mol. The van der Waals surface area contributed by atoms with Crippen molar-refractivity contribution in [2.75, 3.05) is 0 Å². The number of amides is 1. The van der Waals surface area contributed by atoms with Crippen molar-refractivity contribution < 1.29 is 14.7 Å². The van der Waals surface area contributed by atoms with E-state index >= 15 is 0 Å². The van der Waals surface area contributed by atoms with Crippen LogP contribution in [0.1, 0.15) is 26.8 Å². The zero-order valence-electron chi connectivity index (χ0n) is 13.2. The van der Waals surface area contributed by atoms with Gasteiger partial charge in [0.25, 0.3) is 0 Å². The number of benzene rings is 1. The lowest BCUT2D eigenvalue weighted by atomic mass is 10.0. The summed E-state index contributed by atoms with van der Waals surface area (Å²) in [5.41, 5.74) is 0.789. The molecule has 8 nitrogen and oxygen atoms in total. The molecule has 1 amide bonds. The summed E-state index contributed by atoms with van der Waals surface area (Å²) in [5.74, 6) is -1.36. The minimum absolute atomic E-state index is 0.229. The fourth-order valence-electron chi connectivity index (χ4n) is 1.98. The van der Waals surface area contributed by atoms with E-state index in [4.69, 9.17) is 5.11 Å². The van der Waals surface area contributed by atoms with Crippen LogP contribution >= 0.6 is 0 Å². The van der Waals surface area contributed by atoms with E-state index in [1.54, 1.807) is 20.8 Å². The molecule has 0 saturated carbocycles. The normalized spacial score (nSPS) is 13.6. The zero-order valence-corrected chi connectivity index (χ0v) is 13.2.